The molecule has 0 saturated carbocycles. The van der Waals surface area contributed by atoms with Crippen LogP contribution in [0.2, 0.25) is 0 Å². The van der Waals surface area contributed by atoms with Crippen molar-refractivity contribution in [3.05, 3.63) is 65.6 Å². The molecule has 2 atom stereocenters. The highest BCUT2D eigenvalue weighted by molar-refractivity contribution is 5.96. The molecule has 10 heteroatoms. The number of ether oxygens (including phenoxy) is 1. The molecule has 3 heterocycles. The van der Waals surface area contributed by atoms with Gasteiger partial charge in [-0.2, -0.15) is 15.3 Å². The summed E-state index contributed by atoms with van der Waals surface area (Å²) >= 11 is 0. The number of aromatic amines is 2. The first-order chi connectivity index (χ1) is 17.5. The first-order valence-corrected chi connectivity index (χ1v) is 11.7. The van der Waals surface area contributed by atoms with Crippen LogP contribution in [0.25, 0.3) is 22.0 Å². The van der Waals surface area contributed by atoms with Gasteiger partial charge in [0.15, 0.2) is 0 Å². The lowest BCUT2D eigenvalue weighted by Gasteiger charge is -2.25. The molecule has 5 rings (SSSR count). The monoisotopic (exact) mass is 491 g/mol. The minimum Gasteiger partial charge on any atom is -0.496 e. The van der Waals surface area contributed by atoms with Gasteiger partial charge in [-0.1, -0.05) is 26.0 Å². The molecule has 1 aliphatic heterocycles. The highest BCUT2D eigenvalue weighted by Crippen LogP contribution is 2.36. The van der Waals surface area contributed by atoms with Crippen molar-refractivity contribution >= 4 is 23.5 Å². The van der Waals surface area contributed by atoms with E-state index >= 15 is 0 Å². The Balaban J connectivity index is 0.000000674. The number of rotatable bonds is 4. The smallest absolute Gasteiger partial charge is 0.254 e. The van der Waals surface area contributed by atoms with E-state index in [4.69, 9.17) is 4.74 Å². The van der Waals surface area contributed by atoms with Crippen LogP contribution in [0.4, 0.5) is 0 Å². The van der Waals surface area contributed by atoms with E-state index in [2.05, 4.69) is 38.1 Å². The lowest BCUT2D eigenvalue weighted by Crippen LogP contribution is -2.31. The number of likely N-dealkylation sites (tertiary alicyclic amines) is 1. The van der Waals surface area contributed by atoms with E-state index in [-0.39, 0.29) is 18.5 Å². The predicted molar refractivity (Wildman–Crippen MR) is 141 cm³/mol. The summed E-state index contributed by atoms with van der Waals surface area (Å²) in [6.45, 7) is 9.15. The Kier molecular flexibility index (Phi) is 8.80. The summed E-state index contributed by atoms with van der Waals surface area (Å²) < 4.78 is 5.53. The second kappa shape index (κ2) is 12.0. The fourth-order valence-electron chi connectivity index (χ4n) is 4.35. The summed E-state index contributed by atoms with van der Waals surface area (Å²) in [6, 6.07) is 11.2. The molecule has 0 spiro atoms. The largest absolute Gasteiger partial charge is 0.496 e. The average molecular weight is 492 g/mol. The molecule has 1 saturated heterocycles. The van der Waals surface area contributed by atoms with Crippen LogP contribution >= 0.6 is 0 Å². The molecule has 2 aromatic heterocycles. The van der Waals surface area contributed by atoms with Gasteiger partial charge in [0.25, 0.3) is 5.91 Å². The Labute approximate surface area is 210 Å². The average Bonchev–Trinajstić information content (AvgIpc) is 3.65. The second-order valence-corrected chi connectivity index (χ2v) is 8.07. The molecule has 1 fully saturated rings. The number of benzene rings is 2. The zero-order valence-electron chi connectivity index (χ0n) is 21.0. The van der Waals surface area contributed by atoms with Crippen LogP contribution in [0.5, 0.6) is 5.75 Å². The van der Waals surface area contributed by atoms with Gasteiger partial charge < -0.3 is 20.6 Å². The fourth-order valence-corrected chi connectivity index (χ4v) is 4.35. The van der Waals surface area contributed by atoms with Crippen LogP contribution < -0.4 is 10.6 Å². The van der Waals surface area contributed by atoms with Gasteiger partial charge in [0, 0.05) is 47.2 Å². The van der Waals surface area contributed by atoms with Crippen molar-refractivity contribution in [1.82, 2.24) is 25.3 Å². The molecule has 0 radical (unpaired) electrons. The van der Waals surface area contributed by atoms with Crippen LogP contribution in [-0.2, 0) is 0 Å². The molecular formula is C26H33N7O3. The molecule has 10 nitrogen and oxygen atoms in total. The minimum absolute atomic E-state index is 0.142. The maximum Gasteiger partial charge on any atom is 0.254 e. The SMILES string of the molecule is C=NN.CC.COc1cc(C(=O)N2CC(O)CC2c2ccc3c(C)[nH]nc3c2)ccc1-c1cn[nH]c1. The number of hydrogen-bond donors (Lipinski definition) is 4. The summed E-state index contributed by atoms with van der Waals surface area (Å²) in [6.07, 6.45) is 3.40. The molecule has 1 amide bonds. The number of nitrogens with two attached hydrogens (primary N) is 1. The van der Waals surface area contributed by atoms with Gasteiger partial charge in [0.1, 0.15) is 5.75 Å². The van der Waals surface area contributed by atoms with Crippen LogP contribution in [0.3, 0.4) is 0 Å². The third kappa shape index (κ3) is 5.38. The standard InChI is InChI=1S/C23H23N5O3.C2H6.CH4N2/c1-13-18-5-3-14(7-20(18)27-26-13)21-9-17(29)12-28(21)23(30)15-4-6-19(22(8-15)31-2)16-10-24-25-11-16;1-2;1-3-2/h3-8,10-11,17,21,29H,9,12H2,1-2H3,(H,24,25)(H,26,27);1-2H3;1-2H2. The van der Waals surface area contributed by atoms with E-state index in [1.165, 1.54) is 0 Å². The molecule has 0 aliphatic carbocycles. The van der Waals surface area contributed by atoms with Gasteiger partial charge in [-0.25, -0.2) is 0 Å². The zero-order valence-corrected chi connectivity index (χ0v) is 21.0. The number of aromatic nitrogens is 4. The Hall–Kier alpha value is -4.18. The van der Waals surface area contributed by atoms with Gasteiger partial charge in [-0.15, -0.1) is 0 Å². The number of aliphatic hydroxyl groups is 1. The number of aliphatic hydroxyl groups excluding tert-OH is 1. The Morgan fingerprint density at radius 3 is 2.69 bits per heavy atom. The van der Waals surface area contributed by atoms with Gasteiger partial charge in [0.2, 0.25) is 0 Å². The lowest BCUT2D eigenvalue weighted by atomic mass is 10.0. The fraction of sp³-hybridized carbons (Fsp3) is 0.308. The first-order valence-electron chi connectivity index (χ1n) is 11.7. The molecule has 2 unspecified atom stereocenters. The number of carbonyl (C=O) groups excluding carboxylic acids is 1. The second-order valence-electron chi connectivity index (χ2n) is 8.07. The van der Waals surface area contributed by atoms with E-state index in [9.17, 15) is 9.90 Å². The van der Waals surface area contributed by atoms with E-state index in [0.717, 1.165) is 33.3 Å². The Morgan fingerprint density at radius 2 is 2.03 bits per heavy atom. The molecule has 190 valence electrons. The molecule has 36 heavy (non-hydrogen) atoms. The highest BCUT2D eigenvalue weighted by atomic mass is 16.5. The number of H-pyrrole nitrogens is 2. The number of fused-ring (bicyclic) bond motifs is 1. The molecule has 0 bridgehead atoms. The van der Waals surface area contributed by atoms with Gasteiger partial charge in [-0.3, -0.25) is 15.0 Å². The number of nitrogens with zero attached hydrogens (tertiary/aromatic N) is 4. The Bertz CT molecular complexity index is 1300. The highest BCUT2D eigenvalue weighted by Gasteiger charge is 2.36. The normalized spacial score (nSPS) is 16.5. The summed E-state index contributed by atoms with van der Waals surface area (Å²) in [5, 5.41) is 28.3. The predicted octanol–water partition coefficient (Wildman–Crippen LogP) is 3.81. The number of hydrazone groups is 1. The Morgan fingerprint density at radius 1 is 1.28 bits per heavy atom. The van der Waals surface area contributed by atoms with E-state index < -0.39 is 6.10 Å². The van der Waals surface area contributed by atoms with E-state index in [1.807, 2.05) is 45.0 Å². The molecule has 4 aromatic rings. The zero-order chi connectivity index (χ0) is 26.2. The van der Waals surface area contributed by atoms with Crippen LogP contribution in [0, 0.1) is 6.92 Å². The van der Waals surface area contributed by atoms with E-state index in [0.29, 0.717) is 17.7 Å². The summed E-state index contributed by atoms with van der Waals surface area (Å²) in [5.41, 5.74) is 5.07. The topological polar surface area (TPSA) is 146 Å². The number of β-amino-alcohol motifs (C(OH)–C–C–N with tert-alkyl or cyclic N) is 1. The van der Waals surface area contributed by atoms with Gasteiger partial charge in [0.05, 0.1) is 31.0 Å². The number of nitrogens with one attached hydrogen (secondary N) is 2. The maximum absolute atomic E-state index is 13.4. The van der Waals surface area contributed by atoms with Crippen molar-refractivity contribution in [2.24, 2.45) is 10.9 Å². The molecule has 5 N–H and O–H groups in total. The number of carbonyl (C=O) groups is 1. The van der Waals surface area contributed by atoms with Crippen molar-refractivity contribution < 1.29 is 14.6 Å². The molecule has 1 aliphatic rings. The van der Waals surface area contributed by atoms with Gasteiger partial charge in [-0.05, 0) is 43.2 Å². The van der Waals surface area contributed by atoms with Crippen LogP contribution in [0.1, 0.15) is 47.9 Å². The van der Waals surface area contributed by atoms with Crippen molar-refractivity contribution in [3.8, 4) is 16.9 Å². The lowest BCUT2D eigenvalue weighted by molar-refractivity contribution is 0.0715. The molecular weight excluding hydrogens is 458 g/mol. The minimum atomic E-state index is -0.572. The van der Waals surface area contributed by atoms with Crippen LogP contribution in [-0.4, -0.2) is 62.8 Å². The quantitative estimate of drug-likeness (QED) is 0.194. The van der Waals surface area contributed by atoms with Crippen molar-refractivity contribution in [2.75, 3.05) is 13.7 Å². The third-order valence-electron chi connectivity index (χ3n) is 5.95. The van der Waals surface area contributed by atoms with Crippen LogP contribution in [0.15, 0.2) is 53.9 Å². The number of methoxy groups -OCH3 is 1. The number of aryl methyl sites for hydroxylation is 1. The van der Waals surface area contributed by atoms with Crippen molar-refractivity contribution in [3.63, 3.8) is 0 Å². The summed E-state index contributed by atoms with van der Waals surface area (Å²) in [7, 11) is 1.58. The van der Waals surface area contributed by atoms with Crippen molar-refractivity contribution in [2.45, 2.75) is 39.3 Å². The number of hydrogen-bond acceptors (Lipinski definition) is 7. The van der Waals surface area contributed by atoms with E-state index in [1.54, 1.807) is 36.5 Å². The first kappa shape index (κ1) is 26.4. The number of amides is 1. The summed E-state index contributed by atoms with van der Waals surface area (Å²) in [5.74, 6) is 4.81. The van der Waals surface area contributed by atoms with Gasteiger partial charge >= 0.3 is 0 Å². The summed E-state index contributed by atoms with van der Waals surface area (Å²) in [4.78, 5) is 15.2. The van der Waals surface area contributed by atoms with Crippen molar-refractivity contribution in [1.29, 1.82) is 0 Å². The maximum atomic E-state index is 13.4. The molecule has 2 aromatic carbocycles. The third-order valence-corrected chi connectivity index (χ3v) is 5.95.